The van der Waals surface area contributed by atoms with Gasteiger partial charge < -0.3 is 20.6 Å². The first-order chi connectivity index (χ1) is 12.0. The fourth-order valence-corrected chi connectivity index (χ4v) is 3.17. The lowest BCUT2D eigenvalue weighted by molar-refractivity contribution is 0.0711. The maximum absolute atomic E-state index is 10.6. The lowest BCUT2D eigenvalue weighted by Gasteiger charge is -2.22. The first kappa shape index (κ1) is 19.3. The molecule has 0 saturated carbocycles. The summed E-state index contributed by atoms with van der Waals surface area (Å²) < 4.78 is 0. The summed E-state index contributed by atoms with van der Waals surface area (Å²) >= 11 is 1.55. The van der Waals surface area contributed by atoms with Gasteiger partial charge in [-0.15, -0.1) is 11.3 Å². The molecule has 1 heterocycles. The number of nitrogens with zero attached hydrogens (tertiary/aromatic N) is 2. The minimum absolute atomic E-state index is 0.317. The third kappa shape index (κ3) is 6.07. The van der Waals surface area contributed by atoms with Gasteiger partial charge in [-0.2, -0.15) is 0 Å². The van der Waals surface area contributed by atoms with Gasteiger partial charge in [-0.3, -0.25) is 0 Å². The highest BCUT2D eigenvalue weighted by Crippen LogP contribution is 2.25. The Bertz CT molecular complexity index is 641. The van der Waals surface area contributed by atoms with Gasteiger partial charge in [0.15, 0.2) is 5.96 Å². The zero-order chi connectivity index (χ0) is 18.1. The Balaban J connectivity index is 1.87. The second kappa shape index (κ2) is 9.44. The number of guanidine groups is 1. The quantitative estimate of drug-likeness (QED) is 0.500. The molecule has 0 saturated heterocycles. The van der Waals surface area contributed by atoms with Crippen LogP contribution < -0.4 is 15.5 Å². The molecule has 1 aromatic heterocycles. The first-order valence-corrected chi connectivity index (χ1v) is 9.45. The molecule has 0 aliphatic heterocycles. The summed E-state index contributed by atoms with van der Waals surface area (Å²) in [4.78, 5) is 7.66. The van der Waals surface area contributed by atoms with Crippen molar-refractivity contribution in [3.63, 3.8) is 0 Å². The molecule has 0 spiro atoms. The maximum Gasteiger partial charge on any atom is 0.191 e. The third-order valence-corrected chi connectivity index (χ3v) is 5.00. The van der Waals surface area contributed by atoms with E-state index in [0.717, 1.165) is 30.5 Å². The van der Waals surface area contributed by atoms with Gasteiger partial charge in [-0.25, -0.2) is 4.99 Å². The second-order valence-electron chi connectivity index (χ2n) is 6.13. The van der Waals surface area contributed by atoms with Crippen LogP contribution in [0.1, 0.15) is 18.7 Å². The predicted molar refractivity (Wildman–Crippen MR) is 108 cm³/mol. The summed E-state index contributed by atoms with van der Waals surface area (Å²) in [5, 5.41) is 19.1. The van der Waals surface area contributed by atoms with E-state index in [1.165, 1.54) is 5.69 Å². The summed E-state index contributed by atoms with van der Waals surface area (Å²) in [6.45, 7) is 6.55. The SMILES string of the molecule is CCNC(=NCC(C)(O)c1cccs1)NCCN(C)c1ccccc1. The molecular weight excluding hydrogens is 332 g/mol. The number of para-hydroxylation sites is 1. The van der Waals surface area contributed by atoms with Crippen LogP contribution >= 0.6 is 11.3 Å². The lowest BCUT2D eigenvalue weighted by atomic mass is 10.1. The Kier molecular flexibility index (Phi) is 7.28. The van der Waals surface area contributed by atoms with Crippen molar-refractivity contribution in [3.05, 3.63) is 52.7 Å². The standard InChI is InChI=1S/C19H28N4OS/c1-4-20-18(22-15-19(2,24)17-11-8-14-25-17)21-12-13-23(3)16-9-6-5-7-10-16/h5-11,14,24H,4,12-13,15H2,1-3H3,(H2,20,21,22). The monoisotopic (exact) mass is 360 g/mol. The van der Waals surface area contributed by atoms with Crippen LogP contribution in [0.5, 0.6) is 0 Å². The summed E-state index contributed by atoms with van der Waals surface area (Å²) in [7, 11) is 2.07. The molecule has 0 aliphatic carbocycles. The highest BCUT2D eigenvalue weighted by atomic mass is 32.1. The Hall–Kier alpha value is -2.05. The maximum atomic E-state index is 10.6. The highest BCUT2D eigenvalue weighted by Gasteiger charge is 2.23. The molecular formula is C19H28N4OS. The molecule has 0 aliphatic rings. The molecule has 0 bridgehead atoms. The minimum atomic E-state index is -0.947. The van der Waals surface area contributed by atoms with Crippen LogP contribution in [0.4, 0.5) is 5.69 Å². The average molecular weight is 361 g/mol. The summed E-state index contributed by atoms with van der Waals surface area (Å²) in [6.07, 6.45) is 0. The van der Waals surface area contributed by atoms with E-state index in [-0.39, 0.29) is 0 Å². The minimum Gasteiger partial charge on any atom is -0.383 e. The van der Waals surface area contributed by atoms with Gasteiger partial charge in [-0.1, -0.05) is 24.3 Å². The molecule has 2 rings (SSSR count). The molecule has 6 heteroatoms. The van der Waals surface area contributed by atoms with E-state index < -0.39 is 5.60 Å². The number of hydrogen-bond donors (Lipinski definition) is 3. The highest BCUT2D eigenvalue weighted by molar-refractivity contribution is 7.10. The van der Waals surface area contributed by atoms with E-state index in [1.807, 2.05) is 42.6 Å². The van der Waals surface area contributed by atoms with Gasteiger partial charge in [0.2, 0.25) is 0 Å². The Morgan fingerprint density at radius 2 is 1.96 bits per heavy atom. The number of anilines is 1. The van der Waals surface area contributed by atoms with E-state index in [1.54, 1.807) is 18.3 Å². The van der Waals surface area contributed by atoms with Gasteiger partial charge in [0.25, 0.3) is 0 Å². The molecule has 136 valence electrons. The van der Waals surface area contributed by atoms with Gasteiger partial charge in [-0.05, 0) is 37.4 Å². The van der Waals surface area contributed by atoms with Crippen molar-refractivity contribution < 1.29 is 5.11 Å². The van der Waals surface area contributed by atoms with Crippen molar-refractivity contribution in [2.24, 2.45) is 4.99 Å². The fraction of sp³-hybridized carbons (Fsp3) is 0.421. The van der Waals surface area contributed by atoms with Crippen molar-refractivity contribution in [2.75, 3.05) is 38.1 Å². The van der Waals surface area contributed by atoms with Crippen LogP contribution in [-0.4, -0.2) is 44.3 Å². The topological polar surface area (TPSA) is 59.9 Å². The zero-order valence-electron chi connectivity index (χ0n) is 15.2. The molecule has 3 N–H and O–H groups in total. The van der Waals surface area contributed by atoms with Crippen LogP contribution in [-0.2, 0) is 5.60 Å². The van der Waals surface area contributed by atoms with Crippen LogP contribution in [0.15, 0.2) is 52.8 Å². The molecule has 1 atom stereocenters. The van der Waals surface area contributed by atoms with Crippen LogP contribution in [0, 0.1) is 0 Å². The number of rotatable bonds is 8. The van der Waals surface area contributed by atoms with Crippen molar-refractivity contribution in [3.8, 4) is 0 Å². The van der Waals surface area contributed by atoms with E-state index >= 15 is 0 Å². The molecule has 25 heavy (non-hydrogen) atoms. The summed E-state index contributed by atoms with van der Waals surface area (Å²) in [6, 6.07) is 14.2. The Labute approximate surface area is 154 Å². The van der Waals surface area contributed by atoms with E-state index in [0.29, 0.717) is 6.54 Å². The molecule has 5 nitrogen and oxygen atoms in total. The smallest absolute Gasteiger partial charge is 0.191 e. The van der Waals surface area contributed by atoms with Crippen LogP contribution in [0.2, 0.25) is 0 Å². The van der Waals surface area contributed by atoms with Gasteiger partial charge in [0.1, 0.15) is 5.60 Å². The number of aliphatic hydroxyl groups is 1. The van der Waals surface area contributed by atoms with E-state index in [2.05, 4.69) is 39.7 Å². The number of aliphatic imine (C=N–C) groups is 1. The van der Waals surface area contributed by atoms with Crippen LogP contribution in [0.25, 0.3) is 0 Å². The first-order valence-electron chi connectivity index (χ1n) is 8.57. The average Bonchev–Trinajstić information content (AvgIpc) is 3.16. The number of likely N-dealkylation sites (N-methyl/N-ethyl adjacent to an activating group) is 1. The molecule has 1 unspecified atom stereocenters. The third-order valence-electron chi connectivity index (χ3n) is 3.88. The van der Waals surface area contributed by atoms with Crippen LogP contribution in [0.3, 0.4) is 0 Å². The Morgan fingerprint density at radius 3 is 2.60 bits per heavy atom. The number of nitrogens with one attached hydrogen (secondary N) is 2. The Morgan fingerprint density at radius 1 is 1.20 bits per heavy atom. The van der Waals surface area contributed by atoms with Crippen molar-refractivity contribution >= 4 is 23.0 Å². The molecule has 0 fully saturated rings. The lowest BCUT2D eigenvalue weighted by Crippen LogP contribution is -2.42. The summed E-state index contributed by atoms with van der Waals surface area (Å²) in [5.74, 6) is 0.723. The number of thiophene rings is 1. The molecule has 2 aromatic rings. The molecule has 0 amide bonds. The summed E-state index contributed by atoms with van der Waals surface area (Å²) in [5.41, 5.74) is 0.240. The van der Waals surface area contributed by atoms with Crippen molar-refractivity contribution in [2.45, 2.75) is 19.4 Å². The van der Waals surface area contributed by atoms with Crippen molar-refractivity contribution in [1.82, 2.24) is 10.6 Å². The molecule has 1 aromatic carbocycles. The van der Waals surface area contributed by atoms with Gasteiger partial charge >= 0.3 is 0 Å². The van der Waals surface area contributed by atoms with E-state index in [9.17, 15) is 5.11 Å². The zero-order valence-corrected chi connectivity index (χ0v) is 16.0. The largest absolute Gasteiger partial charge is 0.383 e. The fourth-order valence-electron chi connectivity index (χ4n) is 2.39. The number of hydrogen-bond acceptors (Lipinski definition) is 4. The van der Waals surface area contributed by atoms with E-state index in [4.69, 9.17) is 0 Å². The van der Waals surface area contributed by atoms with Crippen molar-refractivity contribution in [1.29, 1.82) is 0 Å². The predicted octanol–water partition coefficient (Wildman–Crippen LogP) is 2.65. The van der Waals surface area contributed by atoms with Gasteiger partial charge in [0, 0.05) is 37.2 Å². The molecule has 0 radical (unpaired) electrons. The second-order valence-corrected chi connectivity index (χ2v) is 7.08. The van der Waals surface area contributed by atoms with Gasteiger partial charge in [0.05, 0.1) is 6.54 Å². The normalized spacial score (nSPS) is 14.0. The number of benzene rings is 1.